The van der Waals surface area contributed by atoms with E-state index in [0.717, 1.165) is 29.6 Å². The highest BCUT2D eigenvalue weighted by Gasteiger charge is 2.25. The molecule has 0 saturated carbocycles. The van der Waals surface area contributed by atoms with E-state index in [0.29, 0.717) is 18.4 Å². The van der Waals surface area contributed by atoms with Crippen molar-refractivity contribution in [3.63, 3.8) is 0 Å². The third-order valence-corrected chi connectivity index (χ3v) is 4.13. The van der Waals surface area contributed by atoms with Gasteiger partial charge in [0.1, 0.15) is 0 Å². The molecule has 2 aromatic rings. The Morgan fingerprint density at radius 3 is 2.61 bits per heavy atom. The standard InChI is InChI=1S/C17H26N4O2/c1-5-7-17(23,8-6-2)11-19-16(22)13-9-14-12(3)20-21(4)15(14)18-10-13/h9-10,23H,5-8,11H2,1-4H3,(H,19,22). The van der Waals surface area contributed by atoms with Crippen molar-refractivity contribution in [1.29, 1.82) is 0 Å². The van der Waals surface area contributed by atoms with Crippen molar-refractivity contribution in [2.24, 2.45) is 7.05 Å². The fourth-order valence-electron chi connectivity index (χ4n) is 3.01. The van der Waals surface area contributed by atoms with Crippen LogP contribution in [0, 0.1) is 6.92 Å². The molecule has 0 aliphatic heterocycles. The predicted molar refractivity (Wildman–Crippen MR) is 90.3 cm³/mol. The third kappa shape index (κ3) is 3.88. The number of fused-ring (bicyclic) bond motifs is 1. The number of aliphatic hydroxyl groups is 1. The van der Waals surface area contributed by atoms with Gasteiger partial charge in [0.05, 0.1) is 16.9 Å². The fourth-order valence-corrected chi connectivity index (χ4v) is 3.01. The van der Waals surface area contributed by atoms with Crippen LogP contribution in [0.1, 0.15) is 55.6 Å². The Bertz CT molecular complexity index is 687. The van der Waals surface area contributed by atoms with Crippen molar-refractivity contribution in [1.82, 2.24) is 20.1 Å². The first-order chi connectivity index (χ1) is 10.9. The van der Waals surface area contributed by atoms with Crippen molar-refractivity contribution in [3.05, 3.63) is 23.5 Å². The number of pyridine rings is 1. The Kier molecular flexibility index (Phi) is 5.36. The van der Waals surface area contributed by atoms with Crippen LogP contribution in [0.5, 0.6) is 0 Å². The fraction of sp³-hybridized carbons (Fsp3) is 0.588. The summed E-state index contributed by atoms with van der Waals surface area (Å²) in [5, 5.41) is 18.6. The van der Waals surface area contributed by atoms with E-state index in [4.69, 9.17) is 0 Å². The maximum Gasteiger partial charge on any atom is 0.252 e. The number of hydrogen-bond donors (Lipinski definition) is 2. The third-order valence-electron chi connectivity index (χ3n) is 4.13. The van der Waals surface area contributed by atoms with Gasteiger partial charge >= 0.3 is 0 Å². The van der Waals surface area contributed by atoms with Gasteiger partial charge < -0.3 is 10.4 Å². The van der Waals surface area contributed by atoms with E-state index in [9.17, 15) is 9.90 Å². The highest BCUT2D eigenvalue weighted by Crippen LogP contribution is 2.19. The molecule has 2 heterocycles. The highest BCUT2D eigenvalue weighted by atomic mass is 16.3. The maximum atomic E-state index is 12.4. The molecule has 2 N–H and O–H groups in total. The largest absolute Gasteiger partial charge is 0.388 e. The molecule has 0 radical (unpaired) electrons. The SMILES string of the molecule is CCCC(O)(CCC)CNC(=O)c1cnc2c(c1)c(C)nn2C. The molecule has 6 nitrogen and oxygen atoms in total. The van der Waals surface area contributed by atoms with Gasteiger partial charge in [0.25, 0.3) is 5.91 Å². The van der Waals surface area contributed by atoms with Crippen LogP contribution >= 0.6 is 0 Å². The lowest BCUT2D eigenvalue weighted by atomic mass is 9.92. The van der Waals surface area contributed by atoms with Crippen molar-refractivity contribution >= 4 is 16.9 Å². The van der Waals surface area contributed by atoms with E-state index in [-0.39, 0.29) is 12.5 Å². The lowest BCUT2D eigenvalue weighted by Gasteiger charge is -2.27. The van der Waals surface area contributed by atoms with E-state index in [1.54, 1.807) is 16.9 Å². The Morgan fingerprint density at radius 1 is 1.35 bits per heavy atom. The summed E-state index contributed by atoms with van der Waals surface area (Å²) in [6.07, 6.45) is 4.68. The number of carbonyl (C=O) groups is 1. The quantitative estimate of drug-likeness (QED) is 0.821. The van der Waals surface area contributed by atoms with Crippen LogP contribution in [-0.2, 0) is 7.05 Å². The molecule has 2 rings (SSSR count). The monoisotopic (exact) mass is 318 g/mol. The summed E-state index contributed by atoms with van der Waals surface area (Å²) < 4.78 is 1.70. The minimum Gasteiger partial charge on any atom is -0.388 e. The van der Waals surface area contributed by atoms with Gasteiger partial charge in [-0.3, -0.25) is 9.48 Å². The molecule has 126 valence electrons. The molecule has 0 aliphatic carbocycles. The van der Waals surface area contributed by atoms with Gasteiger partial charge in [-0.25, -0.2) is 4.98 Å². The van der Waals surface area contributed by atoms with Gasteiger partial charge in [-0.1, -0.05) is 26.7 Å². The topological polar surface area (TPSA) is 80.0 Å². The molecule has 1 amide bonds. The summed E-state index contributed by atoms with van der Waals surface area (Å²) in [6, 6.07) is 1.80. The number of amides is 1. The van der Waals surface area contributed by atoms with Crippen LogP contribution in [0.2, 0.25) is 0 Å². The number of nitrogens with one attached hydrogen (secondary N) is 1. The van der Waals surface area contributed by atoms with Crippen LogP contribution in [0.4, 0.5) is 0 Å². The number of nitrogens with zero attached hydrogens (tertiary/aromatic N) is 3. The second-order valence-corrected chi connectivity index (χ2v) is 6.21. The molecule has 0 saturated heterocycles. The zero-order valence-corrected chi connectivity index (χ0v) is 14.4. The molecule has 23 heavy (non-hydrogen) atoms. The average Bonchev–Trinajstić information content (AvgIpc) is 2.80. The van der Waals surface area contributed by atoms with E-state index < -0.39 is 5.60 Å². The van der Waals surface area contributed by atoms with Crippen LogP contribution in [0.3, 0.4) is 0 Å². The summed E-state index contributed by atoms with van der Waals surface area (Å²) in [7, 11) is 1.83. The summed E-state index contributed by atoms with van der Waals surface area (Å²) >= 11 is 0. The molecular weight excluding hydrogens is 292 g/mol. The molecule has 2 aromatic heterocycles. The molecule has 0 spiro atoms. The summed E-state index contributed by atoms with van der Waals surface area (Å²) in [4.78, 5) is 16.7. The second kappa shape index (κ2) is 7.08. The zero-order chi connectivity index (χ0) is 17.0. The number of rotatable bonds is 7. The predicted octanol–water partition coefficient (Wildman–Crippen LogP) is 2.34. The van der Waals surface area contributed by atoms with Gasteiger partial charge in [0.15, 0.2) is 5.65 Å². The van der Waals surface area contributed by atoms with Gasteiger partial charge in [-0.15, -0.1) is 0 Å². The first-order valence-corrected chi connectivity index (χ1v) is 8.20. The smallest absolute Gasteiger partial charge is 0.252 e. The summed E-state index contributed by atoms with van der Waals surface area (Å²) in [5.41, 5.74) is 1.26. The molecule has 0 aliphatic rings. The molecule has 0 aromatic carbocycles. The van der Waals surface area contributed by atoms with Crippen molar-refractivity contribution in [2.45, 2.75) is 52.1 Å². The minimum atomic E-state index is -0.832. The number of aromatic nitrogens is 3. The Hall–Kier alpha value is -1.95. The molecule has 0 atom stereocenters. The summed E-state index contributed by atoms with van der Waals surface area (Å²) in [5.74, 6) is -0.215. The second-order valence-electron chi connectivity index (χ2n) is 6.21. The molecule has 6 heteroatoms. The molecule has 0 bridgehead atoms. The Labute approximate surface area is 136 Å². The van der Waals surface area contributed by atoms with Gasteiger partial charge in [-0.2, -0.15) is 5.10 Å². The lowest BCUT2D eigenvalue weighted by molar-refractivity contribution is 0.0213. The minimum absolute atomic E-state index is 0.215. The molecular formula is C17H26N4O2. The van der Waals surface area contributed by atoms with Crippen LogP contribution in [0.25, 0.3) is 11.0 Å². The zero-order valence-electron chi connectivity index (χ0n) is 14.4. The average molecular weight is 318 g/mol. The van der Waals surface area contributed by atoms with Crippen molar-refractivity contribution < 1.29 is 9.90 Å². The lowest BCUT2D eigenvalue weighted by Crippen LogP contribution is -2.42. The van der Waals surface area contributed by atoms with Gasteiger partial charge in [0, 0.05) is 25.2 Å². The van der Waals surface area contributed by atoms with E-state index >= 15 is 0 Å². The molecule has 0 fully saturated rings. The Balaban J connectivity index is 2.12. The molecule has 0 unspecified atom stereocenters. The van der Waals surface area contributed by atoms with Crippen LogP contribution in [-0.4, -0.2) is 37.9 Å². The van der Waals surface area contributed by atoms with Crippen molar-refractivity contribution in [2.75, 3.05) is 6.54 Å². The van der Waals surface area contributed by atoms with E-state index in [1.807, 2.05) is 27.8 Å². The highest BCUT2D eigenvalue weighted by molar-refractivity contribution is 5.97. The first kappa shape index (κ1) is 17.4. The van der Waals surface area contributed by atoms with Gasteiger partial charge in [0.2, 0.25) is 0 Å². The first-order valence-electron chi connectivity index (χ1n) is 8.20. The normalized spacial score (nSPS) is 11.9. The maximum absolute atomic E-state index is 12.4. The van der Waals surface area contributed by atoms with Crippen LogP contribution in [0.15, 0.2) is 12.3 Å². The van der Waals surface area contributed by atoms with E-state index in [1.165, 1.54) is 0 Å². The summed E-state index contributed by atoms with van der Waals surface area (Å²) in [6.45, 7) is 6.22. The van der Waals surface area contributed by atoms with Gasteiger partial charge in [-0.05, 0) is 25.8 Å². The van der Waals surface area contributed by atoms with Crippen LogP contribution < -0.4 is 5.32 Å². The number of carbonyl (C=O) groups excluding carboxylic acids is 1. The van der Waals surface area contributed by atoms with Crippen molar-refractivity contribution in [3.8, 4) is 0 Å². The Morgan fingerprint density at radius 2 is 2.00 bits per heavy atom. The van der Waals surface area contributed by atoms with E-state index in [2.05, 4.69) is 15.4 Å². The number of aryl methyl sites for hydroxylation is 2. The number of hydrogen-bond acceptors (Lipinski definition) is 4.